The third kappa shape index (κ3) is 10.4. The van der Waals surface area contributed by atoms with Crippen LogP contribution in [-0.4, -0.2) is 25.8 Å². The first-order valence-corrected chi connectivity index (χ1v) is 6.88. The highest BCUT2D eigenvalue weighted by Crippen LogP contribution is 2.11. The highest BCUT2D eigenvalue weighted by molar-refractivity contribution is 4.63. The fourth-order valence-corrected chi connectivity index (χ4v) is 1.80. The van der Waals surface area contributed by atoms with Crippen LogP contribution in [0.5, 0.6) is 0 Å². The predicted molar refractivity (Wildman–Crippen MR) is 71.8 cm³/mol. The largest absolute Gasteiger partial charge is 0.379 e. The molecule has 1 unspecified atom stereocenters. The van der Waals surface area contributed by atoms with Crippen molar-refractivity contribution in [1.82, 2.24) is 5.32 Å². The number of nitrogens with one attached hydrogen (secondary N) is 1. The first-order valence-electron chi connectivity index (χ1n) is 6.88. The number of hydrogen-bond acceptors (Lipinski definition) is 2. The molecule has 1 atom stereocenters. The minimum atomic E-state index is 0.367. The molecule has 0 fully saturated rings. The van der Waals surface area contributed by atoms with Crippen LogP contribution in [0.2, 0.25) is 0 Å². The van der Waals surface area contributed by atoms with Gasteiger partial charge in [0, 0.05) is 6.61 Å². The van der Waals surface area contributed by atoms with Crippen LogP contribution in [0.3, 0.4) is 0 Å². The van der Waals surface area contributed by atoms with E-state index in [9.17, 15) is 0 Å². The van der Waals surface area contributed by atoms with Gasteiger partial charge in [-0.05, 0) is 51.6 Å². The summed E-state index contributed by atoms with van der Waals surface area (Å²) in [5, 5.41) is 3.55. The molecular weight excluding hydrogens is 198 g/mol. The number of ether oxygens (including phenoxy) is 1. The quantitative estimate of drug-likeness (QED) is 0.619. The summed E-state index contributed by atoms with van der Waals surface area (Å²) in [6.45, 7) is 14.2. The van der Waals surface area contributed by atoms with Crippen molar-refractivity contribution in [3.8, 4) is 0 Å². The van der Waals surface area contributed by atoms with Crippen LogP contribution in [-0.2, 0) is 4.74 Å². The summed E-state index contributed by atoms with van der Waals surface area (Å²) >= 11 is 0. The van der Waals surface area contributed by atoms with Crippen molar-refractivity contribution in [2.24, 2.45) is 11.8 Å². The normalized spacial score (nSPS) is 13.7. The Balaban J connectivity index is 3.61. The maximum Gasteiger partial charge on any atom is 0.0518 e. The van der Waals surface area contributed by atoms with Crippen LogP contribution in [0.4, 0.5) is 0 Å². The summed E-state index contributed by atoms with van der Waals surface area (Å²) in [4.78, 5) is 0. The summed E-state index contributed by atoms with van der Waals surface area (Å²) in [6.07, 6.45) is 4.14. The number of hydrogen-bond donors (Lipinski definition) is 1. The van der Waals surface area contributed by atoms with Gasteiger partial charge in [0.05, 0.1) is 6.10 Å². The fraction of sp³-hybridized carbons (Fsp3) is 1.00. The smallest absolute Gasteiger partial charge is 0.0518 e. The lowest BCUT2D eigenvalue weighted by molar-refractivity contribution is 0.0674. The summed E-state index contributed by atoms with van der Waals surface area (Å²) < 4.78 is 5.62. The third-order valence-corrected chi connectivity index (χ3v) is 2.66. The van der Waals surface area contributed by atoms with Gasteiger partial charge in [-0.3, -0.25) is 0 Å². The van der Waals surface area contributed by atoms with Gasteiger partial charge in [-0.25, -0.2) is 0 Å². The fourth-order valence-electron chi connectivity index (χ4n) is 1.80. The molecule has 0 spiro atoms. The van der Waals surface area contributed by atoms with Gasteiger partial charge >= 0.3 is 0 Å². The van der Waals surface area contributed by atoms with E-state index in [1.54, 1.807) is 0 Å². The summed E-state index contributed by atoms with van der Waals surface area (Å²) in [5.74, 6) is 1.52. The van der Waals surface area contributed by atoms with E-state index in [-0.39, 0.29) is 0 Å². The molecule has 0 aliphatic rings. The molecule has 0 aromatic rings. The van der Waals surface area contributed by atoms with E-state index in [4.69, 9.17) is 4.74 Å². The second-order valence-corrected chi connectivity index (χ2v) is 5.42. The molecule has 0 saturated carbocycles. The SMILES string of the molecule is CCCC(CCOC(C)C)CNCC(C)C. The zero-order chi connectivity index (χ0) is 12.4. The third-order valence-electron chi connectivity index (χ3n) is 2.66. The first-order chi connectivity index (χ1) is 7.56. The molecule has 16 heavy (non-hydrogen) atoms. The van der Waals surface area contributed by atoms with Crippen molar-refractivity contribution >= 4 is 0 Å². The molecule has 0 aromatic heterocycles. The Kier molecular flexibility index (Phi) is 10.0. The molecule has 0 aliphatic carbocycles. The molecule has 0 radical (unpaired) electrons. The summed E-state index contributed by atoms with van der Waals surface area (Å²) in [5.41, 5.74) is 0. The Morgan fingerprint density at radius 1 is 1.00 bits per heavy atom. The van der Waals surface area contributed by atoms with Gasteiger partial charge in [0.1, 0.15) is 0 Å². The van der Waals surface area contributed by atoms with Crippen LogP contribution in [0.15, 0.2) is 0 Å². The van der Waals surface area contributed by atoms with E-state index in [0.717, 1.165) is 31.5 Å². The molecule has 0 saturated heterocycles. The molecule has 0 aliphatic heterocycles. The number of rotatable bonds is 10. The van der Waals surface area contributed by atoms with E-state index < -0.39 is 0 Å². The Morgan fingerprint density at radius 2 is 1.69 bits per heavy atom. The standard InChI is InChI=1S/C14H31NO/c1-6-7-14(8-9-16-13(4)5)11-15-10-12(2)3/h12-15H,6-11H2,1-5H3. The lowest BCUT2D eigenvalue weighted by Crippen LogP contribution is -2.27. The minimum absolute atomic E-state index is 0.367. The maximum absolute atomic E-state index is 5.62. The molecule has 0 amide bonds. The average molecular weight is 229 g/mol. The monoisotopic (exact) mass is 229 g/mol. The van der Waals surface area contributed by atoms with Crippen LogP contribution in [0.1, 0.15) is 53.9 Å². The van der Waals surface area contributed by atoms with E-state index in [1.165, 1.54) is 19.3 Å². The average Bonchev–Trinajstić information content (AvgIpc) is 2.16. The van der Waals surface area contributed by atoms with Gasteiger partial charge < -0.3 is 10.1 Å². The van der Waals surface area contributed by atoms with Crippen molar-refractivity contribution in [1.29, 1.82) is 0 Å². The van der Waals surface area contributed by atoms with Crippen molar-refractivity contribution in [2.75, 3.05) is 19.7 Å². The molecule has 98 valence electrons. The van der Waals surface area contributed by atoms with Gasteiger partial charge in [0.25, 0.3) is 0 Å². The lowest BCUT2D eigenvalue weighted by Gasteiger charge is -2.18. The Labute approximate surface area is 102 Å². The Bertz CT molecular complexity index is 132. The van der Waals surface area contributed by atoms with E-state index in [0.29, 0.717) is 6.10 Å². The lowest BCUT2D eigenvalue weighted by atomic mass is 10.00. The van der Waals surface area contributed by atoms with Gasteiger partial charge in [0.2, 0.25) is 0 Å². The van der Waals surface area contributed by atoms with E-state index in [2.05, 4.69) is 39.9 Å². The highest BCUT2D eigenvalue weighted by atomic mass is 16.5. The molecular formula is C14H31NO. The predicted octanol–water partition coefficient (Wildman–Crippen LogP) is 3.46. The zero-order valence-corrected chi connectivity index (χ0v) is 11.9. The summed E-state index contributed by atoms with van der Waals surface area (Å²) in [7, 11) is 0. The molecule has 0 aromatic carbocycles. The molecule has 0 rings (SSSR count). The second-order valence-electron chi connectivity index (χ2n) is 5.42. The molecule has 2 nitrogen and oxygen atoms in total. The van der Waals surface area contributed by atoms with Crippen molar-refractivity contribution in [3.05, 3.63) is 0 Å². The van der Waals surface area contributed by atoms with Crippen LogP contribution in [0, 0.1) is 11.8 Å². The van der Waals surface area contributed by atoms with Crippen LogP contribution >= 0.6 is 0 Å². The molecule has 1 N–H and O–H groups in total. The first kappa shape index (κ1) is 15.9. The van der Waals surface area contributed by atoms with E-state index in [1.807, 2.05) is 0 Å². The maximum atomic E-state index is 5.62. The van der Waals surface area contributed by atoms with Crippen LogP contribution < -0.4 is 5.32 Å². The van der Waals surface area contributed by atoms with Gasteiger partial charge in [-0.1, -0.05) is 27.2 Å². The van der Waals surface area contributed by atoms with Crippen LogP contribution in [0.25, 0.3) is 0 Å². The van der Waals surface area contributed by atoms with Gasteiger partial charge in [0.15, 0.2) is 0 Å². The minimum Gasteiger partial charge on any atom is -0.379 e. The van der Waals surface area contributed by atoms with Crippen molar-refractivity contribution in [3.63, 3.8) is 0 Å². The second kappa shape index (κ2) is 10.1. The molecule has 2 heteroatoms. The molecule has 0 heterocycles. The summed E-state index contributed by atoms with van der Waals surface area (Å²) in [6, 6.07) is 0. The van der Waals surface area contributed by atoms with Gasteiger partial charge in [-0.15, -0.1) is 0 Å². The topological polar surface area (TPSA) is 21.3 Å². The van der Waals surface area contributed by atoms with Gasteiger partial charge in [-0.2, -0.15) is 0 Å². The molecule has 0 bridgehead atoms. The van der Waals surface area contributed by atoms with Crippen molar-refractivity contribution in [2.45, 2.75) is 60.0 Å². The zero-order valence-electron chi connectivity index (χ0n) is 11.9. The van der Waals surface area contributed by atoms with Crippen molar-refractivity contribution < 1.29 is 4.74 Å². The van der Waals surface area contributed by atoms with E-state index >= 15 is 0 Å². The Hall–Kier alpha value is -0.0800. The highest BCUT2D eigenvalue weighted by Gasteiger charge is 2.08. The Morgan fingerprint density at radius 3 is 2.19 bits per heavy atom.